The Labute approximate surface area is 119 Å². The average molecular weight is 262 g/mol. The van der Waals surface area contributed by atoms with Crippen molar-refractivity contribution in [3.63, 3.8) is 0 Å². The van der Waals surface area contributed by atoms with Gasteiger partial charge in [0.15, 0.2) is 0 Å². The molecule has 1 aromatic rings. The summed E-state index contributed by atoms with van der Waals surface area (Å²) >= 11 is 0. The molecule has 1 aromatic carbocycles. The fourth-order valence-electron chi connectivity index (χ4n) is 2.24. The van der Waals surface area contributed by atoms with Crippen LogP contribution in [0.5, 0.6) is 0 Å². The van der Waals surface area contributed by atoms with Crippen molar-refractivity contribution in [1.29, 1.82) is 0 Å². The van der Waals surface area contributed by atoms with Gasteiger partial charge in [-0.1, -0.05) is 23.8 Å². The molecule has 0 spiro atoms. The average Bonchev–Trinajstić information content (AvgIpc) is 2.36. The summed E-state index contributed by atoms with van der Waals surface area (Å²) in [7, 11) is 2.19. The first-order valence-corrected chi connectivity index (χ1v) is 7.42. The van der Waals surface area contributed by atoms with Crippen LogP contribution in [-0.4, -0.2) is 31.1 Å². The Hall–Kier alpha value is -0.860. The summed E-state index contributed by atoms with van der Waals surface area (Å²) in [5.41, 5.74) is 4.15. The third-order valence-corrected chi connectivity index (χ3v) is 3.92. The zero-order valence-corrected chi connectivity index (χ0v) is 13.5. The van der Waals surface area contributed by atoms with Crippen LogP contribution < -0.4 is 5.32 Å². The van der Waals surface area contributed by atoms with Crippen molar-refractivity contribution in [2.24, 2.45) is 0 Å². The number of benzene rings is 1. The van der Waals surface area contributed by atoms with Crippen LogP contribution >= 0.6 is 0 Å². The first kappa shape index (κ1) is 16.2. The highest BCUT2D eigenvalue weighted by molar-refractivity contribution is 5.32. The van der Waals surface area contributed by atoms with Crippen LogP contribution in [0.3, 0.4) is 0 Å². The van der Waals surface area contributed by atoms with Crippen molar-refractivity contribution in [2.45, 2.75) is 53.1 Å². The molecule has 1 N–H and O–H groups in total. The molecule has 0 aliphatic rings. The molecule has 0 fully saturated rings. The van der Waals surface area contributed by atoms with Gasteiger partial charge in [-0.15, -0.1) is 0 Å². The van der Waals surface area contributed by atoms with Crippen molar-refractivity contribution < 1.29 is 0 Å². The number of aryl methyl sites for hydroxylation is 2. The van der Waals surface area contributed by atoms with E-state index >= 15 is 0 Å². The molecule has 1 rings (SSSR count). The van der Waals surface area contributed by atoms with Crippen molar-refractivity contribution in [3.8, 4) is 0 Å². The van der Waals surface area contributed by atoms with E-state index in [0.717, 1.165) is 13.1 Å². The van der Waals surface area contributed by atoms with Gasteiger partial charge in [-0.3, -0.25) is 0 Å². The van der Waals surface area contributed by atoms with Crippen LogP contribution in [-0.2, 0) is 0 Å². The molecular formula is C17H30N2. The smallest absolute Gasteiger partial charge is 0.0294 e. The predicted octanol–water partition coefficient (Wildman–Crippen LogP) is 3.68. The SMILES string of the molecule is Cc1ccc(C)c(C(C)NCCCN(C)C(C)C)c1. The van der Waals surface area contributed by atoms with Gasteiger partial charge in [-0.2, -0.15) is 0 Å². The molecule has 2 nitrogen and oxygen atoms in total. The van der Waals surface area contributed by atoms with Gasteiger partial charge in [0.1, 0.15) is 0 Å². The van der Waals surface area contributed by atoms with E-state index in [9.17, 15) is 0 Å². The second kappa shape index (κ2) is 7.66. The minimum absolute atomic E-state index is 0.434. The third kappa shape index (κ3) is 5.33. The molecule has 1 atom stereocenters. The van der Waals surface area contributed by atoms with E-state index in [2.05, 4.69) is 70.1 Å². The zero-order valence-electron chi connectivity index (χ0n) is 13.5. The van der Waals surface area contributed by atoms with Crippen LogP contribution in [0.2, 0.25) is 0 Å². The standard InChI is InChI=1S/C17H30N2/c1-13(2)19(6)11-7-10-18-16(5)17-12-14(3)8-9-15(17)4/h8-9,12-13,16,18H,7,10-11H2,1-6H3. The van der Waals surface area contributed by atoms with Gasteiger partial charge < -0.3 is 10.2 Å². The Morgan fingerprint density at radius 3 is 2.47 bits per heavy atom. The molecule has 0 saturated heterocycles. The predicted molar refractivity (Wildman–Crippen MR) is 84.7 cm³/mol. The van der Waals surface area contributed by atoms with Crippen LogP contribution in [0, 0.1) is 13.8 Å². The second-order valence-electron chi connectivity index (χ2n) is 5.96. The van der Waals surface area contributed by atoms with Crippen LogP contribution in [0.4, 0.5) is 0 Å². The molecule has 1 unspecified atom stereocenters. The van der Waals surface area contributed by atoms with Gasteiger partial charge in [0.25, 0.3) is 0 Å². The zero-order chi connectivity index (χ0) is 14.4. The van der Waals surface area contributed by atoms with Crippen molar-refractivity contribution in [3.05, 3.63) is 34.9 Å². The van der Waals surface area contributed by atoms with Crippen molar-refractivity contribution in [2.75, 3.05) is 20.1 Å². The van der Waals surface area contributed by atoms with Crippen LogP contribution in [0.1, 0.15) is 49.9 Å². The number of nitrogens with one attached hydrogen (secondary N) is 1. The number of hydrogen-bond acceptors (Lipinski definition) is 2. The van der Waals surface area contributed by atoms with E-state index in [1.165, 1.54) is 23.1 Å². The summed E-state index contributed by atoms with van der Waals surface area (Å²) in [6.07, 6.45) is 1.20. The first-order valence-electron chi connectivity index (χ1n) is 7.42. The van der Waals surface area contributed by atoms with Crippen molar-refractivity contribution >= 4 is 0 Å². The Morgan fingerprint density at radius 2 is 1.84 bits per heavy atom. The summed E-state index contributed by atoms with van der Waals surface area (Å²) in [6.45, 7) is 13.3. The lowest BCUT2D eigenvalue weighted by Gasteiger charge is -2.22. The maximum atomic E-state index is 3.63. The summed E-state index contributed by atoms with van der Waals surface area (Å²) in [4.78, 5) is 2.39. The summed E-state index contributed by atoms with van der Waals surface area (Å²) in [5.74, 6) is 0. The van der Waals surface area contributed by atoms with E-state index in [1.807, 2.05) is 0 Å². The van der Waals surface area contributed by atoms with Gasteiger partial charge in [-0.05, 0) is 72.3 Å². The van der Waals surface area contributed by atoms with E-state index in [1.54, 1.807) is 0 Å². The van der Waals surface area contributed by atoms with Gasteiger partial charge in [0.2, 0.25) is 0 Å². The number of rotatable bonds is 7. The minimum Gasteiger partial charge on any atom is -0.310 e. The molecule has 0 aromatic heterocycles. The van der Waals surface area contributed by atoms with Gasteiger partial charge >= 0.3 is 0 Å². The van der Waals surface area contributed by atoms with Crippen molar-refractivity contribution in [1.82, 2.24) is 10.2 Å². The maximum absolute atomic E-state index is 3.63. The van der Waals surface area contributed by atoms with E-state index in [4.69, 9.17) is 0 Å². The highest BCUT2D eigenvalue weighted by Crippen LogP contribution is 2.18. The Bertz CT molecular complexity index is 385. The van der Waals surface area contributed by atoms with Crippen LogP contribution in [0.15, 0.2) is 18.2 Å². The molecule has 19 heavy (non-hydrogen) atoms. The van der Waals surface area contributed by atoms with Gasteiger partial charge in [0.05, 0.1) is 0 Å². The van der Waals surface area contributed by atoms with Gasteiger partial charge in [-0.25, -0.2) is 0 Å². The maximum Gasteiger partial charge on any atom is 0.0294 e. The van der Waals surface area contributed by atoms with E-state index in [0.29, 0.717) is 12.1 Å². The molecule has 0 radical (unpaired) electrons. The monoisotopic (exact) mass is 262 g/mol. The highest BCUT2D eigenvalue weighted by atomic mass is 15.1. The van der Waals surface area contributed by atoms with Crippen LogP contribution in [0.25, 0.3) is 0 Å². The third-order valence-electron chi connectivity index (χ3n) is 3.92. The molecule has 0 saturated carbocycles. The molecule has 0 bridgehead atoms. The molecule has 0 amide bonds. The Morgan fingerprint density at radius 1 is 1.16 bits per heavy atom. The summed E-state index contributed by atoms with van der Waals surface area (Å²) < 4.78 is 0. The van der Waals surface area contributed by atoms with Gasteiger partial charge in [0, 0.05) is 12.1 Å². The second-order valence-corrected chi connectivity index (χ2v) is 5.96. The van der Waals surface area contributed by atoms with E-state index in [-0.39, 0.29) is 0 Å². The first-order chi connectivity index (χ1) is 8.91. The lowest BCUT2D eigenvalue weighted by Crippen LogP contribution is -2.30. The highest BCUT2D eigenvalue weighted by Gasteiger charge is 2.08. The fourth-order valence-corrected chi connectivity index (χ4v) is 2.24. The molecule has 108 valence electrons. The fraction of sp³-hybridized carbons (Fsp3) is 0.647. The number of nitrogens with zero attached hydrogens (tertiary/aromatic N) is 1. The molecule has 0 aliphatic heterocycles. The Balaban J connectivity index is 2.39. The topological polar surface area (TPSA) is 15.3 Å². The minimum atomic E-state index is 0.434. The molecule has 2 heteroatoms. The lowest BCUT2D eigenvalue weighted by molar-refractivity contribution is 0.268. The summed E-state index contributed by atoms with van der Waals surface area (Å²) in [5, 5.41) is 3.63. The molecule has 0 aliphatic carbocycles. The largest absolute Gasteiger partial charge is 0.310 e. The Kier molecular flexibility index (Phi) is 6.53. The normalized spacial score (nSPS) is 13.3. The van der Waals surface area contributed by atoms with E-state index < -0.39 is 0 Å². The quantitative estimate of drug-likeness (QED) is 0.754. The summed E-state index contributed by atoms with van der Waals surface area (Å²) in [6, 6.07) is 7.77. The molecule has 0 heterocycles. The molecular weight excluding hydrogens is 232 g/mol. The lowest BCUT2D eigenvalue weighted by atomic mass is 10.00. The number of hydrogen-bond donors (Lipinski definition) is 1.